The third-order valence-electron chi connectivity index (χ3n) is 4.09. The normalized spacial score (nSPS) is 13.9. The maximum absolute atomic E-state index is 12.6. The Balaban J connectivity index is 2.56. The van der Waals surface area contributed by atoms with Gasteiger partial charge in [-0.2, -0.15) is 0 Å². The van der Waals surface area contributed by atoms with Gasteiger partial charge in [0.15, 0.2) is 0 Å². The van der Waals surface area contributed by atoms with Crippen LogP contribution in [0.25, 0.3) is 0 Å². The Morgan fingerprint density at radius 2 is 1.31 bits per heavy atom. The molecule has 0 aliphatic carbocycles. The molecule has 0 radical (unpaired) electrons. The summed E-state index contributed by atoms with van der Waals surface area (Å²) in [6.45, 7) is 5.29. The Morgan fingerprint density at radius 3 is 1.72 bits per heavy atom. The average Bonchev–Trinajstić information content (AvgIpc) is 2.73. The van der Waals surface area contributed by atoms with Crippen LogP contribution in [0.5, 0.6) is 5.75 Å². The predicted octanol–water partition coefficient (Wildman–Crippen LogP) is 2.59. The lowest BCUT2D eigenvalue weighted by Crippen LogP contribution is -2.35. The minimum absolute atomic E-state index is 0.00771. The molecule has 1 aromatic carbocycles. The molecule has 0 spiro atoms. The first-order valence-corrected chi connectivity index (χ1v) is 9.33. The fraction of sp³-hybridized carbons (Fsp3) is 0.381. The number of ether oxygens (including phenoxy) is 4. The van der Waals surface area contributed by atoms with Crippen LogP contribution in [0.3, 0.4) is 0 Å². The summed E-state index contributed by atoms with van der Waals surface area (Å²) in [5, 5.41) is 0. The molecule has 0 saturated carbocycles. The molecular formula is C21H25NO7. The van der Waals surface area contributed by atoms with Crippen molar-refractivity contribution in [3.8, 4) is 5.75 Å². The van der Waals surface area contributed by atoms with Crippen molar-refractivity contribution < 1.29 is 33.3 Å². The summed E-state index contributed by atoms with van der Waals surface area (Å²) in [5.41, 5.74) is 0.634. The predicted molar refractivity (Wildman–Crippen MR) is 105 cm³/mol. The maximum Gasteiger partial charge on any atom is 0.336 e. The summed E-state index contributed by atoms with van der Waals surface area (Å²) in [7, 11) is 1.55. The molecule has 0 fully saturated rings. The number of carbonyl (C=O) groups excluding carboxylic acids is 3. The van der Waals surface area contributed by atoms with E-state index in [2.05, 4.69) is 0 Å². The molecule has 8 heteroatoms. The molecule has 0 amide bonds. The lowest BCUT2D eigenvalue weighted by atomic mass is 9.89. The molecule has 1 aliphatic rings. The second kappa shape index (κ2) is 10.3. The van der Waals surface area contributed by atoms with Crippen molar-refractivity contribution in [1.82, 2.24) is 0 Å². The van der Waals surface area contributed by atoms with E-state index in [1.807, 2.05) is 0 Å². The Labute approximate surface area is 169 Å². The minimum Gasteiger partial charge on any atom is -0.497 e. The van der Waals surface area contributed by atoms with Gasteiger partial charge in [-0.3, -0.25) is 4.79 Å². The minimum atomic E-state index is -1.23. The first-order valence-electron chi connectivity index (χ1n) is 9.33. The molecule has 2 rings (SSSR count). The van der Waals surface area contributed by atoms with Crippen LogP contribution in [0.2, 0.25) is 0 Å². The first-order chi connectivity index (χ1) is 14.0. The number of benzene rings is 1. The standard InChI is InChI=1S/C21H25NO7/c1-5-27-19(23)16-12-22(14-8-10-15(26-4)11-9-14)13-17(20(24)28-6-2)18(16)21(25)29-7-3/h8-13,18H,5-7H2,1-4H3. The average molecular weight is 403 g/mol. The maximum atomic E-state index is 12.6. The highest BCUT2D eigenvalue weighted by molar-refractivity contribution is 6.05. The molecule has 29 heavy (non-hydrogen) atoms. The van der Waals surface area contributed by atoms with Crippen molar-refractivity contribution in [2.45, 2.75) is 20.8 Å². The molecule has 0 saturated heterocycles. The monoisotopic (exact) mass is 403 g/mol. The quantitative estimate of drug-likeness (QED) is 0.483. The zero-order valence-electron chi connectivity index (χ0n) is 17.0. The smallest absolute Gasteiger partial charge is 0.336 e. The van der Waals surface area contributed by atoms with Gasteiger partial charge in [-0.15, -0.1) is 0 Å². The molecule has 0 unspecified atom stereocenters. The number of nitrogens with zero attached hydrogens (tertiary/aromatic N) is 1. The highest BCUT2D eigenvalue weighted by atomic mass is 16.5. The van der Waals surface area contributed by atoms with Gasteiger partial charge >= 0.3 is 17.9 Å². The van der Waals surface area contributed by atoms with Crippen molar-refractivity contribution in [1.29, 1.82) is 0 Å². The van der Waals surface area contributed by atoms with Crippen LogP contribution in [-0.2, 0) is 28.6 Å². The Bertz CT molecular complexity index is 775. The van der Waals surface area contributed by atoms with Crippen molar-refractivity contribution in [2.24, 2.45) is 5.92 Å². The molecule has 156 valence electrons. The van der Waals surface area contributed by atoms with Crippen molar-refractivity contribution >= 4 is 23.6 Å². The summed E-state index contributed by atoms with van der Waals surface area (Å²) in [4.78, 5) is 39.4. The van der Waals surface area contributed by atoms with Crippen LogP contribution in [0, 0.1) is 5.92 Å². The van der Waals surface area contributed by atoms with E-state index in [4.69, 9.17) is 18.9 Å². The second-order valence-corrected chi connectivity index (χ2v) is 5.90. The van der Waals surface area contributed by atoms with E-state index >= 15 is 0 Å². The topological polar surface area (TPSA) is 91.4 Å². The van der Waals surface area contributed by atoms with Gasteiger partial charge in [0, 0.05) is 18.1 Å². The molecule has 8 nitrogen and oxygen atoms in total. The Kier molecular flexibility index (Phi) is 7.82. The van der Waals surface area contributed by atoms with Gasteiger partial charge in [-0.25, -0.2) is 9.59 Å². The van der Waals surface area contributed by atoms with E-state index < -0.39 is 23.8 Å². The van der Waals surface area contributed by atoms with E-state index in [9.17, 15) is 14.4 Å². The lowest BCUT2D eigenvalue weighted by Gasteiger charge is -2.29. The van der Waals surface area contributed by atoms with Crippen LogP contribution in [0.1, 0.15) is 20.8 Å². The molecule has 0 aromatic heterocycles. The SMILES string of the molecule is CCOC(=O)C1=CN(c2ccc(OC)cc2)C=C(C(=O)OCC)C1C(=O)OCC. The fourth-order valence-electron chi connectivity index (χ4n) is 2.81. The number of anilines is 1. The molecule has 0 atom stereocenters. The van der Waals surface area contributed by atoms with E-state index in [1.165, 1.54) is 12.4 Å². The van der Waals surface area contributed by atoms with Crippen LogP contribution in [-0.4, -0.2) is 44.8 Å². The number of carbonyl (C=O) groups is 3. The lowest BCUT2D eigenvalue weighted by molar-refractivity contribution is -0.151. The molecule has 1 heterocycles. The summed E-state index contributed by atoms with van der Waals surface area (Å²) in [5.74, 6) is -2.72. The Hall–Kier alpha value is -3.29. The molecule has 1 aromatic rings. The van der Waals surface area contributed by atoms with Crippen LogP contribution < -0.4 is 9.64 Å². The number of rotatable bonds is 8. The fourth-order valence-corrected chi connectivity index (χ4v) is 2.81. The third-order valence-corrected chi connectivity index (χ3v) is 4.09. The van der Waals surface area contributed by atoms with Crippen LogP contribution in [0.4, 0.5) is 5.69 Å². The Morgan fingerprint density at radius 1 is 0.828 bits per heavy atom. The van der Waals surface area contributed by atoms with Gasteiger partial charge in [-0.1, -0.05) is 0 Å². The first kappa shape index (κ1) is 22.0. The summed E-state index contributed by atoms with van der Waals surface area (Å²) in [6, 6.07) is 6.98. The van der Waals surface area contributed by atoms with Gasteiger partial charge in [0.1, 0.15) is 11.7 Å². The molecular weight excluding hydrogens is 378 g/mol. The van der Waals surface area contributed by atoms with E-state index in [-0.39, 0.29) is 31.0 Å². The van der Waals surface area contributed by atoms with Crippen molar-refractivity contribution in [3.05, 3.63) is 47.8 Å². The van der Waals surface area contributed by atoms with Gasteiger partial charge in [0.2, 0.25) is 0 Å². The number of esters is 3. The van der Waals surface area contributed by atoms with Gasteiger partial charge in [0.25, 0.3) is 0 Å². The highest BCUT2D eigenvalue weighted by Crippen LogP contribution is 2.33. The van der Waals surface area contributed by atoms with E-state index in [0.717, 1.165) is 0 Å². The van der Waals surface area contributed by atoms with Gasteiger partial charge in [-0.05, 0) is 45.0 Å². The molecule has 0 N–H and O–H groups in total. The second-order valence-electron chi connectivity index (χ2n) is 5.90. The van der Waals surface area contributed by atoms with Crippen molar-refractivity contribution in [3.63, 3.8) is 0 Å². The molecule has 0 bridgehead atoms. The van der Waals surface area contributed by atoms with Gasteiger partial charge in [0.05, 0.1) is 38.1 Å². The third kappa shape index (κ3) is 5.16. The van der Waals surface area contributed by atoms with Crippen LogP contribution in [0.15, 0.2) is 47.8 Å². The number of hydrogen-bond acceptors (Lipinski definition) is 8. The highest BCUT2D eigenvalue weighted by Gasteiger charge is 2.40. The zero-order valence-corrected chi connectivity index (χ0v) is 17.0. The zero-order chi connectivity index (χ0) is 21.4. The number of methoxy groups -OCH3 is 1. The van der Waals surface area contributed by atoms with E-state index in [1.54, 1.807) is 57.0 Å². The largest absolute Gasteiger partial charge is 0.497 e. The van der Waals surface area contributed by atoms with Gasteiger partial charge < -0.3 is 23.8 Å². The van der Waals surface area contributed by atoms with Crippen LogP contribution >= 0.6 is 0 Å². The number of hydrogen-bond donors (Lipinski definition) is 0. The van der Waals surface area contributed by atoms with E-state index in [0.29, 0.717) is 11.4 Å². The van der Waals surface area contributed by atoms with Crippen molar-refractivity contribution in [2.75, 3.05) is 31.8 Å². The summed E-state index contributed by atoms with van der Waals surface area (Å²) >= 11 is 0. The summed E-state index contributed by atoms with van der Waals surface area (Å²) in [6.07, 6.45) is 2.92. The summed E-state index contributed by atoms with van der Waals surface area (Å²) < 4.78 is 20.5. The molecule has 1 aliphatic heterocycles.